The number of likely N-dealkylation sites (N-methyl/N-ethyl adjacent to an activating group) is 1. The largest absolute Gasteiger partial charge is 0.394 e. The van der Waals surface area contributed by atoms with Gasteiger partial charge in [0.25, 0.3) is 5.91 Å². The molecule has 240 valence electrons. The summed E-state index contributed by atoms with van der Waals surface area (Å²) in [6.07, 6.45) is 0.673. The van der Waals surface area contributed by atoms with Crippen molar-refractivity contribution in [2.75, 3.05) is 33.8 Å². The highest BCUT2D eigenvalue weighted by Crippen LogP contribution is 2.61. The molecule has 1 unspecified atom stereocenters. The number of hydrogen-bond acceptors (Lipinski definition) is 7. The van der Waals surface area contributed by atoms with Crippen molar-refractivity contribution in [3.05, 3.63) is 59.7 Å². The molecule has 44 heavy (non-hydrogen) atoms. The fourth-order valence-electron chi connectivity index (χ4n) is 7.82. The molecule has 6 rings (SSSR count). The van der Waals surface area contributed by atoms with Crippen LogP contribution in [0.5, 0.6) is 0 Å². The Morgan fingerprint density at radius 1 is 1.11 bits per heavy atom. The summed E-state index contributed by atoms with van der Waals surface area (Å²) in [6.45, 7) is 9.97. The Bertz CT molecular complexity index is 1310. The highest BCUT2D eigenvalue weighted by atomic mass is 16.7. The Hall–Kier alpha value is -2.82. The van der Waals surface area contributed by atoms with Crippen LogP contribution in [0.3, 0.4) is 0 Å². The summed E-state index contributed by atoms with van der Waals surface area (Å²) in [5.74, 6) is 0.756. The summed E-state index contributed by atoms with van der Waals surface area (Å²) >= 11 is 0. The van der Waals surface area contributed by atoms with Crippen LogP contribution in [-0.4, -0.2) is 90.1 Å². The fraction of sp³-hybridized carbons (Fsp3) is 0.600. The fourth-order valence-corrected chi connectivity index (χ4v) is 7.82. The second kappa shape index (κ2) is 13.3. The van der Waals surface area contributed by atoms with Gasteiger partial charge in [-0.3, -0.25) is 14.4 Å². The summed E-state index contributed by atoms with van der Waals surface area (Å²) in [4.78, 5) is 34.6. The molecular weight excluding hydrogens is 556 g/mol. The molecule has 0 radical (unpaired) electrons. The summed E-state index contributed by atoms with van der Waals surface area (Å²) in [5, 5.41) is 28.8. The van der Waals surface area contributed by atoms with E-state index in [9.17, 15) is 19.8 Å². The zero-order valence-corrected chi connectivity index (χ0v) is 27.0. The number of amides is 2. The van der Waals surface area contributed by atoms with Crippen LogP contribution in [0, 0.1) is 29.1 Å². The van der Waals surface area contributed by atoms with Gasteiger partial charge in [0.15, 0.2) is 0 Å². The maximum absolute atomic E-state index is 13.9. The first kappa shape index (κ1) is 32.6. The lowest BCUT2D eigenvalue weighted by Gasteiger charge is -2.62. The minimum Gasteiger partial charge on any atom is -0.394 e. The minimum atomic E-state index is -0.839. The third-order valence-electron chi connectivity index (χ3n) is 10.7. The van der Waals surface area contributed by atoms with Crippen molar-refractivity contribution in [2.24, 2.45) is 29.1 Å². The number of fused-ring (bicyclic) bond motifs is 2. The van der Waals surface area contributed by atoms with Crippen molar-refractivity contribution in [1.82, 2.24) is 20.6 Å². The Balaban J connectivity index is 1.29. The van der Waals surface area contributed by atoms with E-state index in [0.29, 0.717) is 41.8 Å². The molecule has 8 atom stereocenters. The first-order valence-corrected chi connectivity index (χ1v) is 16.1. The maximum atomic E-state index is 13.9. The quantitative estimate of drug-likeness (QED) is 0.310. The number of nitrogens with zero attached hydrogens (tertiary/aromatic N) is 2. The number of carbonyl (C=O) groups excluding carboxylic acids is 2. The monoisotopic (exact) mass is 606 g/mol. The van der Waals surface area contributed by atoms with Crippen molar-refractivity contribution >= 4 is 11.8 Å². The van der Waals surface area contributed by atoms with Crippen molar-refractivity contribution < 1.29 is 24.6 Å². The topological polar surface area (TPSA) is 114 Å². The van der Waals surface area contributed by atoms with Crippen molar-refractivity contribution in [3.8, 4) is 11.1 Å². The van der Waals surface area contributed by atoms with Gasteiger partial charge in [-0.1, -0.05) is 51.1 Å². The zero-order valence-electron chi connectivity index (χ0n) is 27.0. The Kier molecular flexibility index (Phi) is 9.82. The molecule has 1 aliphatic heterocycles. The number of hydroxylamine groups is 2. The average Bonchev–Trinajstić information content (AvgIpc) is 3.36. The molecule has 2 amide bonds. The number of nitrogens with one attached hydrogen (secondary N) is 2. The first-order chi connectivity index (χ1) is 20.9. The highest BCUT2D eigenvalue weighted by Gasteiger charge is 2.57. The van der Waals surface area contributed by atoms with Crippen molar-refractivity contribution in [2.45, 2.75) is 71.4 Å². The van der Waals surface area contributed by atoms with E-state index in [1.165, 1.54) is 6.42 Å². The maximum Gasteiger partial charge on any atom is 0.251 e. The van der Waals surface area contributed by atoms with Gasteiger partial charge in [-0.05, 0) is 91.9 Å². The van der Waals surface area contributed by atoms with Gasteiger partial charge >= 0.3 is 0 Å². The molecule has 2 aromatic rings. The van der Waals surface area contributed by atoms with Crippen molar-refractivity contribution in [1.29, 1.82) is 0 Å². The highest BCUT2D eigenvalue weighted by molar-refractivity contribution is 5.94. The van der Waals surface area contributed by atoms with E-state index in [0.717, 1.165) is 29.7 Å². The van der Waals surface area contributed by atoms with E-state index < -0.39 is 24.2 Å². The molecule has 4 N–H and O–H groups in total. The Morgan fingerprint density at radius 3 is 2.45 bits per heavy atom. The second-order valence-electron chi connectivity index (χ2n) is 14.1. The van der Waals surface area contributed by atoms with E-state index in [1.807, 2.05) is 67.5 Å². The molecule has 0 aromatic heterocycles. The molecule has 3 saturated carbocycles. The van der Waals surface area contributed by atoms with Gasteiger partial charge in [-0.25, -0.2) is 0 Å². The third kappa shape index (κ3) is 6.58. The summed E-state index contributed by atoms with van der Waals surface area (Å²) < 4.78 is 0. The minimum absolute atomic E-state index is 0.0883. The number of rotatable bonds is 11. The van der Waals surface area contributed by atoms with Gasteiger partial charge in [0.05, 0.1) is 19.3 Å². The molecule has 9 heteroatoms. The average molecular weight is 607 g/mol. The number of benzene rings is 2. The number of aliphatic hydroxyl groups is 2. The normalized spacial score (nSPS) is 30.1. The molecule has 2 aromatic carbocycles. The lowest BCUT2D eigenvalue weighted by molar-refractivity contribution is -0.183. The lowest BCUT2D eigenvalue weighted by Crippen LogP contribution is -2.62. The number of aliphatic hydroxyl groups excluding tert-OH is 2. The smallest absolute Gasteiger partial charge is 0.251 e. The van der Waals surface area contributed by atoms with E-state index in [2.05, 4.69) is 31.4 Å². The SMILES string of the molecule is C[C@H](O)[C@@H]1[C@H](CO)ON(Cc2cccc(-c3ccc(C(=O)NCCN(C)C)cc3)c2)[C@@H]1C(=O)NC1C[C@H]2C[C@@H]([C@@H]1C)C2(C)C. The zero-order chi connectivity index (χ0) is 31.8. The van der Waals surface area contributed by atoms with E-state index >= 15 is 0 Å². The molecule has 1 saturated heterocycles. The van der Waals surface area contributed by atoms with Gasteiger partial charge in [-0.15, -0.1) is 0 Å². The van der Waals surface area contributed by atoms with Gasteiger partial charge in [0.1, 0.15) is 12.1 Å². The molecule has 4 aliphatic rings. The molecule has 0 spiro atoms. The Morgan fingerprint density at radius 2 is 1.84 bits per heavy atom. The van der Waals surface area contributed by atoms with E-state index in [1.54, 1.807) is 12.0 Å². The van der Waals surface area contributed by atoms with Gasteiger partial charge in [0.2, 0.25) is 5.91 Å². The van der Waals surface area contributed by atoms with Crippen LogP contribution in [0.25, 0.3) is 11.1 Å². The summed E-state index contributed by atoms with van der Waals surface area (Å²) in [6, 6.07) is 14.9. The standard InChI is InChI=1S/C35H50N4O5/c1-21-28-17-27(35(28,3)4)18-29(21)37-34(43)32-31(22(2)41)30(20-40)44-39(32)19-23-8-7-9-26(16-23)24-10-12-25(13-11-24)33(42)36-14-15-38(5)6/h7-13,16,21-22,27-32,40-41H,14-15,17-20H2,1-6H3,(H,36,42)(H,37,43)/t21-,22-,27+,28-,29?,30-,31+,32-/m0/s1. The number of carbonyl (C=O) groups is 2. The van der Waals surface area contributed by atoms with Crippen LogP contribution < -0.4 is 10.6 Å². The predicted molar refractivity (Wildman–Crippen MR) is 170 cm³/mol. The molecule has 3 aliphatic carbocycles. The lowest BCUT2D eigenvalue weighted by atomic mass is 9.45. The molecule has 2 bridgehead atoms. The van der Waals surface area contributed by atoms with Crippen LogP contribution in [0.2, 0.25) is 0 Å². The molecular formula is C35H50N4O5. The molecule has 9 nitrogen and oxygen atoms in total. The van der Waals surface area contributed by atoms with Crippen LogP contribution in [0.1, 0.15) is 56.5 Å². The van der Waals surface area contributed by atoms with Crippen LogP contribution in [-0.2, 0) is 16.2 Å². The van der Waals surface area contributed by atoms with Crippen LogP contribution in [0.15, 0.2) is 48.5 Å². The first-order valence-electron chi connectivity index (χ1n) is 16.1. The number of hydrogen-bond donors (Lipinski definition) is 4. The van der Waals surface area contributed by atoms with Gasteiger partial charge < -0.3 is 25.7 Å². The van der Waals surface area contributed by atoms with E-state index in [4.69, 9.17) is 4.84 Å². The molecule has 1 heterocycles. The Labute approximate surface area is 261 Å². The van der Waals surface area contributed by atoms with Crippen molar-refractivity contribution in [3.63, 3.8) is 0 Å². The molecule has 4 fully saturated rings. The van der Waals surface area contributed by atoms with Gasteiger partial charge in [-0.2, -0.15) is 5.06 Å². The van der Waals surface area contributed by atoms with Crippen LogP contribution >= 0.6 is 0 Å². The second-order valence-corrected chi connectivity index (χ2v) is 14.1. The summed E-state index contributed by atoms with van der Waals surface area (Å²) in [5.41, 5.74) is 3.80. The third-order valence-corrected chi connectivity index (χ3v) is 10.7. The van der Waals surface area contributed by atoms with Crippen LogP contribution in [0.4, 0.5) is 0 Å². The summed E-state index contributed by atoms with van der Waals surface area (Å²) in [7, 11) is 3.94. The van der Waals surface area contributed by atoms with Gasteiger partial charge in [0, 0.05) is 30.6 Å². The van der Waals surface area contributed by atoms with E-state index in [-0.39, 0.29) is 24.5 Å². The predicted octanol–water partition coefficient (Wildman–Crippen LogP) is 3.31.